The van der Waals surface area contributed by atoms with Crippen molar-refractivity contribution < 1.29 is 4.92 Å². The van der Waals surface area contributed by atoms with Crippen molar-refractivity contribution in [2.75, 3.05) is 31.1 Å². The number of fused-ring (bicyclic) bond motifs is 1. The smallest absolute Gasteiger partial charge is 0.347 e. The molecule has 4 rings (SSSR count). The van der Waals surface area contributed by atoms with Gasteiger partial charge in [-0.3, -0.25) is 24.2 Å². The summed E-state index contributed by atoms with van der Waals surface area (Å²) < 4.78 is 1.54. The molecule has 25 heavy (non-hydrogen) atoms. The second-order valence-corrected chi connectivity index (χ2v) is 7.54. The molecule has 0 atom stereocenters. The second kappa shape index (κ2) is 6.54. The van der Waals surface area contributed by atoms with Crippen LogP contribution in [0.1, 0.15) is 5.69 Å². The summed E-state index contributed by atoms with van der Waals surface area (Å²) in [5.74, 6) is 0. The Kier molecular flexibility index (Phi) is 4.24. The molecule has 0 aromatic carbocycles. The number of thiazole rings is 1. The first-order valence-corrected chi connectivity index (χ1v) is 9.53. The van der Waals surface area contributed by atoms with Gasteiger partial charge in [-0.25, -0.2) is 4.98 Å². The molecule has 3 aromatic heterocycles. The Labute approximate surface area is 150 Å². The largest absolute Gasteiger partial charge is 0.363 e. The van der Waals surface area contributed by atoms with Gasteiger partial charge in [0.2, 0.25) is 0 Å². The minimum atomic E-state index is -0.319. The van der Waals surface area contributed by atoms with Gasteiger partial charge in [-0.2, -0.15) is 0 Å². The summed E-state index contributed by atoms with van der Waals surface area (Å²) >= 11 is 2.60. The summed E-state index contributed by atoms with van der Waals surface area (Å²) in [5, 5.41) is 14.9. The number of hydrogen-bond acceptors (Lipinski definition) is 8. The molecule has 0 amide bonds. The molecule has 0 saturated carbocycles. The van der Waals surface area contributed by atoms with Gasteiger partial charge >= 0.3 is 5.00 Å². The first-order chi connectivity index (χ1) is 12.1. The quantitative estimate of drug-likeness (QED) is 0.511. The van der Waals surface area contributed by atoms with Gasteiger partial charge in [0.15, 0.2) is 4.96 Å². The van der Waals surface area contributed by atoms with Gasteiger partial charge in [0.25, 0.3) is 5.56 Å². The van der Waals surface area contributed by atoms with Crippen LogP contribution < -0.4 is 10.5 Å². The predicted octanol–water partition coefficient (Wildman–Crippen LogP) is 2.05. The number of hydrogen-bond donors (Lipinski definition) is 0. The van der Waals surface area contributed by atoms with Crippen LogP contribution in [0.25, 0.3) is 4.96 Å². The number of rotatable bonds is 4. The molecule has 8 nitrogen and oxygen atoms in total. The third-order valence-electron chi connectivity index (χ3n) is 4.25. The minimum Gasteiger partial charge on any atom is -0.363 e. The zero-order valence-electron chi connectivity index (χ0n) is 13.2. The van der Waals surface area contributed by atoms with Gasteiger partial charge in [-0.1, -0.05) is 11.3 Å². The average molecular weight is 377 g/mol. The first kappa shape index (κ1) is 16.2. The van der Waals surface area contributed by atoms with Crippen LogP contribution in [0, 0.1) is 10.1 Å². The van der Waals surface area contributed by atoms with E-state index in [1.54, 1.807) is 22.0 Å². The van der Waals surface area contributed by atoms with Gasteiger partial charge < -0.3 is 4.90 Å². The van der Waals surface area contributed by atoms with Crippen LogP contribution in [-0.4, -0.2) is 45.4 Å². The van der Waals surface area contributed by atoms with Crippen LogP contribution in [0.15, 0.2) is 33.9 Å². The van der Waals surface area contributed by atoms with Crippen LogP contribution in [-0.2, 0) is 6.54 Å². The summed E-state index contributed by atoms with van der Waals surface area (Å²) in [7, 11) is 0. The molecule has 1 aliphatic rings. The molecule has 130 valence electrons. The van der Waals surface area contributed by atoms with E-state index in [9.17, 15) is 14.9 Å². The lowest BCUT2D eigenvalue weighted by Gasteiger charge is -2.34. The Morgan fingerprint density at radius 3 is 2.76 bits per heavy atom. The Balaban J connectivity index is 1.44. The van der Waals surface area contributed by atoms with Crippen molar-refractivity contribution in [2.24, 2.45) is 0 Å². The van der Waals surface area contributed by atoms with Crippen LogP contribution in [0.3, 0.4) is 0 Å². The number of nitrogens with zero attached hydrogens (tertiary/aromatic N) is 5. The molecule has 0 N–H and O–H groups in total. The van der Waals surface area contributed by atoms with Crippen LogP contribution in [0.5, 0.6) is 0 Å². The molecule has 10 heteroatoms. The molecular weight excluding hydrogens is 362 g/mol. The van der Waals surface area contributed by atoms with E-state index < -0.39 is 0 Å². The maximum absolute atomic E-state index is 12.1. The number of aromatic nitrogens is 2. The zero-order valence-corrected chi connectivity index (χ0v) is 14.8. The number of nitro groups is 1. The van der Waals surface area contributed by atoms with E-state index in [-0.39, 0.29) is 15.5 Å². The normalized spacial score (nSPS) is 15.8. The van der Waals surface area contributed by atoms with Gasteiger partial charge in [0.1, 0.15) is 5.69 Å². The molecule has 0 radical (unpaired) electrons. The Morgan fingerprint density at radius 1 is 1.20 bits per heavy atom. The summed E-state index contributed by atoms with van der Waals surface area (Å²) in [4.78, 5) is 32.3. The average Bonchev–Trinajstić information content (AvgIpc) is 3.24. The fourth-order valence-electron chi connectivity index (χ4n) is 3.02. The molecule has 0 spiro atoms. The van der Waals surface area contributed by atoms with E-state index in [1.807, 2.05) is 11.4 Å². The van der Waals surface area contributed by atoms with Crippen molar-refractivity contribution in [3.8, 4) is 0 Å². The highest BCUT2D eigenvalue weighted by atomic mass is 32.1. The molecule has 4 heterocycles. The maximum atomic E-state index is 12.1. The van der Waals surface area contributed by atoms with Gasteiger partial charge in [0, 0.05) is 50.4 Å². The maximum Gasteiger partial charge on any atom is 0.347 e. The van der Waals surface area contributed by atoms with Crippen molar-refractivity contribution in [1.29, 1.82) is 0 Å². The minimum absolute atomic E-state index is 0.0613. The summed E-state index contributed by atoms with van der Waals surface area (Å²) in [6, 6.07) is 3.39. The Bertz CT molecular complexity index is 971. The van der Waals surface area contributed by atoms with E-state index in [0.717, 1.165) is 43.2 Å². The fourth-order valence-corrected chi connectivity index (χ4v) is 4.49. The van der Waals surface area contributed by atoms with Crippen LogP contribution in [0.2, 0.25) is 0 Å². The molecule has 0 bridgehead atoms. The Morgan fingerprint density at radius 2 is 2.00 bits per heavy atom. The van der Waals surface area contributed by atoms with Gasteiger partial charge in [-0.15, -0.1) is 11.3 Å². The van der Waals surface area contributed by atoms with Crippen LogP contribution >= 0.6 is 22.7 Å². The van der Waals surface area contributed by atoms with Crippen molar-refractivity contribution in [3.63, 3.8) is 0 Å². The summed E-state index contributed by atoms with van der Waals surface area (Å²) in [6.45, 7) is 3.61. The van der Waals surface area contributed by atoms with Gasteiger partial charge in [0.05, 0.1) is 10.6 Å². The number of anilines is 1. The molecule has 1 fully saturated rings. The van der Waals surface area contributed by atoms with Crippen LogP contribution in [0.4, 0.5) is 10.7 Å². The second-order valence-electron chi connectivity index (χ2n) is 5.77. The van der Waals surface area contributed by atoms with Crippen molar-refractivity contribution >= 4 is 38.3 Å². The molecule has 0 aliphatic carbocycles. The van der Waals surface area contributed by atoms with E-state index >= 15 is 0 Å². The summed E-state index contributed by atoms with van der Waals surface area (Å²) in [5.41, 5.74) is 1.40. The zero-order chi connectivity index (χ0) is 17.4. The van der Waals surface area contributed by atoms with E-state index in [1.165, 1.54) is 11.3 Å². The van der Waals surface area contributed by atoms with Crippen molar-refractivity contribution in [1.82, 2.24) is 14.3 Å². The lowest BCUT2D eigenvalue weighted by molar-refractivity contribution is -0.379. The topological polar surface area (TPSA) is 84.0 Å². The highest BCUT2D eigenvalue weighted by Crippen LogP contribution is 2.34. The highest BCUT2D eigenvalue weighted by Gasteiger charge is 2.25. The molecule has 1 saturated heterocycles. The van der Waals surface area contributed by atoms with Gasteiger partial charge in [-0.05, 0) is 11.4 Å². The number of piperazine rings is 1. The molecule has 0 unspecified atom stereocenters. The predicted molar refractivity (Wildman–Crippen MR) is 97.8 cm³/mol. The van der Waals surface area contributed by atoms with E-state index in [4.69, 9.17) is 0 Å². The SMILES string of the molecule is O=c1cc(CN2CCN(c3ccsc3[N+](=O)[O-])CC2)nc2sccn12. The lowest BCUT2D eigenvalue weighted by Crippen LogP contribution is -2.46. The third kappa shape index (κ3) is 3.15. The number of thiophene rings is 1. The molecule has 3 aromatic rings. The highest BCUT2D eigenvalue weighted by molar-refractivity contribution is 7.15. The summed E-state index contributed by atoms with van der Waals surface area (Å²) in [6.07, 6.45) is 1.73. The van der Waals surface area contributed by atoms with Crippen molar-refractivity contribution in [2.45, 2.75) is 6.54 Å². The third-order valence-corrected chi connectivity index (χ3v) is 5.86. The standard InChI is InChI=1S/C15H15N5O3S2/c21-13-9-11(16-15-19(13)6-8-25-15)10-17-2-4-18(5-3-17)12-1-7-24-14(12)20(22)23/h1,6-9H,2-5,10H2. The molecular formula is C15H15N5O3S2. The molecule has 1 aliphatic heterocycles. The van der Waals surface area contributed by atoms with E-state index in [2.05, 4.69) is 14.8 Å². The van der Waals surface area contributed by atoms with E-state index in [0.29, 0.717) is 17.2 Å². The Hall–Kier alpha value is -2.30. The monoisotopic (exact) mass is 377 g/mol. The first-order valence-electron chi connectivity index (χ1n) is 7.77. The lowest BCUT2D eigenvalue weighted by atomic mass is 10.2. The fraction of sp³-hybridized carbons (Fsp3) is 0.333. The van der Waals surface area contributed by atoms with Crippen molar-refractivity contribution in [3.05, 3.63) is 55.3 Å².